The Kier molecular flexibility index (Phi) is 2.71. The molecule has 0 unspecified atom stereocenters. The number of hydrogen-bond acceptors (Lipinski definition) is 3. The van der Waals surface area contributed by atoms with Crippen LogP contribution in [0.1, 0.15) is 36.2 Å². The summed E-state index contributed by atoms with van der Waals surface area (Å²) < 4.78 is 4.98. The van der Waals surface area contributed by atoms with Crippen molar-refractivity contribution in [2.75, 3.05) is 0 Å². The molecule has 17 heavy (non-hydrogen) atoms. The Bertz CT molecular complexity index is 425. The van der Waals surface area contributed by atoms with Gasteiger partial charge in [0, 0.05) is 6.21 Å². The van der Waals surface area contributed by atoms with Gasteiger partial charge in [0.15, 0.2) is 5.76 Å². The van der Waals surface area contributed by atoms with Crippen molar-refractivity contribution >= 4 is 12.1 Å². The molecule has 90 valence electrons. The number of hydrazone groups is 1. The smallest absolute Gasteiger partial charge is 0.307 e. The van der Waals surface area contributed by atoms with Gasteiger partial charge in [0.1, 0.15) is 0 Å². The highest BCUT2D eigenvalue weighted by Gasteiger charge is 2.38. The van der Waals surface area contributed by atoms with E-state index >= 15 is 0 Å². The van der Waals surface area contributed by atoms with Gasteiger partial charge in [-0.25, -0.2) is 5.43 Å². The van der Waals surface area contributed by atoms with Gasteiger partial charge in [-0.05, 0) is 49.1 Å². The third-order valence-corrected chi connectivity index (χ3v) is 3.97. The molecule has 1 heterocycles. The summed E-state index contributed by atoms with van der Waals surface area (Å²) in [5.74, 6) is 2.27. The van der Waals surface area contributed by atoms with Crippen LogP contribution in [0.4, 0.5) is 0 Å². The molecular formula is C13H16N2O2. The number of nitrogens with one attached hydrogen (secondary N) is 1. The van der Waals surface area contributed by atoms with Gasteiger partial charge in [0.2, 0.25) is 0 Å². The molecule has 0 aliphatic heterocycles. The Labute approximate surface area is 100 Å². The van der Waals surface area contributed by atoms with Crippen molar-refractivity contribution in [1.29, 1.82) is 0 Å². The van der Waals surface area contributed by atoms with Crippen LogP contribution < -0.4 is 5.43 Å². The lowest BCUT2D eigenvalue weighted by Crippen LogP contribution is -2.19. The molecule has 3 rings (SSSR count). The first-order chi connectivity index (χ1) is 8.33. The van der Waals surface area contributed by atoms with E-state index in [0.717, 1.165) is 11.8 Å². The Balaban J connectivity index is 1.53. The number of furan rings is 1. The summed E-state index contributed by atoms with van der Waals surface area (Å²) in [4.78, 5) is 11.5. The second-order valence-corrected chi connectivity index (χ2v) is 5.04. The average molecular weight is 232 g/mol. The lowest BCUT2D eigenvalue weighted by Gasteiger charge is -2.16. The summed E-state index contributed by atoms with van der Waals surface area (Å²) in [6.07, 6.45) is 8.69. The zero-order valence-electron chi connectivity index (χ0n) is 9.63. The van der Waals surface area contributed by atoms with Crippen molar-refractivity contribution in [3.63, 3.8) is 0 Å². The van der Waals surface area contributed by atoms with E-state index in [4.69, 9.17) is 4.42 Å². The molecule has 1 amide bonds. The van der Waals surface area contributed by atoms with Crippen molar-refractivity contribution in [3.05, 3.63) is 24.2 Å². The van der Waals surface area contributed by atoms with E-state index in [1.807, 2.05) is 6.21 Å². The summed E-state index contributed by atoms with van der Waals surface area (Å²) in [6, 6.07) is 3.32. The standard InChI is InChI=1S/C13H16N2O2/c16-13(12-2-1-5-17-12)15-14-8-11-7-9-3-4-10(11)6-9/h1-2,5,8-11H,3-4,6-7H2,(H,15,16)/b14-8-/t9-,10-,11+/m1/s1. The molecule has 4 nitrogen and oxygen atoms in total. The minimum Gasteiger partial charge on any atom is -0.459 e. The fourth-order valence-corrected chi connectivity index (χ4v) is 3.13. The molecule has 0 saturated heterocycles. The Morgan fingerprint density at radius 3 is 3.06 bits per heavy atom. The van der Waals surface area contributed by atoms with Crippen molar-refractivity contribution in [3.8, 4) is 0 Å². The molecule has 1 aromatic rings. The molecular weight excluding hydrogens is 216 g/mol. The molecule has 3 atom stereocenters. The van der Waals surface area contributed by atoms with Gasteiger partial charge in [0.05, 0.1) is 6.26 Å². The zero-order valence-corrected chi connectivity index (χ0v) is 9.63. The lowest BCUT2D eigenvalue weighted by molar-refractivity contribution is 0.0927. The maximum Gasteiger partial charge on any atom is 0.307 e. The van der Waals surface area contributed by atoms with Crippen molar-refractivity contribution < 1.29 is 9.21 Å². The molecule has 4 heteroatoms. The van der Waals surface area contributed by atoms with Gasteiger partial charge in [-0.1, -0.05) is 6.42 Å². The first-order valence-electron chi connectivity index (χ1n) is 6.20. The van der Waals surface area contributed by atoms with Crippen LogP contribution in [0.25, 0.3) is 0 Å². The summed E-state index contributed by atoms with van der Waals surface area (Å²) >= 11 is 0. The molecule has 2 saturated carbocycles. The van der Waals surface area contributed by atoms with Crippen LogP contribution in [0.3, 0.4) is 0 Å². The summed E-state index contributed by atoms with van der Waals surface area (Å²) in [5, 5.41) is 4.04. The number of amides is 1. The van der Waals surface area contributed by atoms with Crippen molar-refractivity contribution in [2.24, 2.45) is 22.9 Å². The van der Waals surface area contributed by atoms with Crippen LogP contribution in [0.2, 0.25) is 0 Å². The summed E-state index contributed by atoms with van der Waals surface area (Å²) in [7, 11) is 0. The van der Waals surface area contributed by atoms with Gasteiger partial charge in [-0.15, -0.1) is 0 Å². The maximum absolute atomic E-state index is 11.5. The van der Waals surface area contributed by atoms with Gasteiger partial charge < -0.3 is 4.42 Å². The predicted molar refractivity (Wildman–Crippen MR) is 63.6 cm³/mol. The molecule has 2 fully saturated rings. The predicted octanol–water partition coefficient (Wildman–Crippen LogP) is 2.43. The van der Waals surface area contributed by atoms with Crippen LogP contribution in [0.5, 0.6) is 0 Å². The minimum atomic E-state index is -0.283. The van der Waals surface area contributed by atoms with E-state index in [9.17, 15) is 4.79 Å². The van der Waals surface area contributed by atoms with Gasteiger partial charge >= 0.3 is 5.91 Å². The van der Waals surface area contributed by atoms with Crippen LogP contribution in [-0.4, -0.2) is 12.1 Å². The largest absolute Gasteiger partial charge is 0.459 e. The van der Waals surface area contributed by atoms with Crippen LogP contribution in [-0.2, 0) is 0 Å². The highest BCUT2D eigenvalue weighted by atomic mass is 16.3. The number of rotatable bonds is 3. The quantitative estimate of drug-likeness (QED) is 0.642. The van der Waals surface area contributed by atoms with E-state index in [2.05, 4.69) is 10.5 Å². The number of fused-ring (bicyclic) bond motifs is 2. The van der Waals surface area contributed by atoms with Crippen molar-refractivity contribution in [2.45, 2.75) is 25.7 Å². The van der Waals surface area contributed by atoms with E-state index in [1.54, 1.807) is 12.1 Å². The highest BCUT2D eigenvalue weighted by Crippen LogP contribution is 2.47. The van der Waals surface area contributed by atoms with Gasteiger partial charge in [-0.2, -0.15) is 5.10 Å². The van der Waals surface area contributed by atoms with E-state index in [1.165, 1.54) is 31.9 Å². The second kappa shape index (κ2) is 4.35. The third kappa shape index (κ3) is 2.12. The molecule has 2 aliphatic carbocycles. The normalized spacial score (nSPS) is 31.2. The lowest BCUT2D eigenvalue weighted by atomic mass is 9.90. The molecule has 0 aromatic carbocycles. The number of hydrogen-bond donors (Lipinski definition) is 1. The van der Waals surface area contributed by atoms with Crippen LogP contribution in [0.15, 0.2) is 27.9 Å². The van der Waals surface area contributed by atoms with Crippen molar-refractivity contribution in [1.82, 2.24) is 5.43 Å². The first kappa shape index (κ1) is 10.6. The fraction of sp³-hybridized carbons (Fsp3) is 0.538. The highest BCUT2D eigenvalue weighted by molar-refractivity contribution is 5.91. The topological polar surface area (TPSA) is 54.6 Å². The zero-order chi connectivity index (χ0) is 11.7. The number of carbonyl (C=O) groups excluding carboxylic acids is 1. The number of carbonyl (C=O) groups is 1. The molecule has 0 radical (unpaired) electrons. The molecule has 1 aromatic heterocycles. The molecule has 2 bridgehead atoms. The first-order valence-corrected chi connectivity index (χ1v) is 6.20. The molecule has 2 aliphatic rings. The van der Waals surface area contributed by atoms with Gasteiger partial charge in [0.25, 0.3) is 0 Å². The monoisotopic (exact) mass is 232 g/mol. The SMILES string of the molecule is O=C(N/N=C\[C@@H]1C[C@@H]2CC[C@@H]1C2)c1ccco1. The third-order valence-electron chi connectivity index (χ3n) is 3.97. The molecule has 0 spiro atoms. The Morgan fingerprint density at radius 2 is 2.41 bits per heavy atom. The minimum absolute atomic E-state index is 0.283. The van der Waals surface area contributed by atoms with Crippen LogP contribution in [0, 0.1) is 17.8 Å². The van der Waals surface area contributed by atoms with E-state index in [0.29, 0.717) is 11.7 Å². The fourth-order valence-electron chi connectivity index (χ4n) is 3.13. The second-order valence-electron chi connectivity index (χ2n) is 5.04. The summed E-state index contributed by atoms with van der Waals surface area (Å²) in [6.45, 7) is 0. The molecule has 1 N–H and O–H groups in total. The number of nitrogens with zero attached hydrogens (tertiary/aromatic N) is 1. The van der Waals surface area contributed by atoms with E-state index in [-0.39, 0.29) is 5.91 Å². The van der Waals surface area contributed by atoms with Crippen LogP contribution >= 0.6 is 0 Å². The maximum atomic E-state index is 11.5. The van der Waals surface area contributed by atoms with E-state index < -0.39 is 0 Å². The van der Waals surface area contributed by atoms with Gasteiger partial charge in [-0.3, -0.25) is 4.79 Å². The Morgan fingerprint density at radius 1 is 1.47 bits per heavy atom. The Hall–Kier alpha value is -1.58. The summed E-state index contributed by atoms with van der Waals surface area (Å²) in [5.41, 5.74) is 2.51. The average Bonchev–Trinajstić information content (AvgIpc) is 3.06.